The molecule has 1 N–H and O–H groups in total. The Balaban J connectivity index is 2.61. The van der Waals surface area contributed by atoms with Crippen molar-refractivity contribution in [1.82, 2.24) is 0 Å². The van der Waals surface area contributed by atoms with Crippen LogP contribution in [0, 0.1) is 13.8 Å². The summed E-state index contributed by atoms with van der Waals surface area (Å²) in [5, 5.41) is 0. The van der Waals surface area contributed by atoms with Gasteiger partial charge in [0.25, 0.3) is 0 Å². The fraction of sp³-hybridized carbons (Fsp3) is 0.417. The zero-order valence-electron chi connectivity index (χ0n) is 9.46. The molecule has 1 aromatic carbocycles. The smallest absolute Gasteiger partial charge is 0.332 e. The molecule has 0 aromatic heterocycles. The first-order chi connectivity index (χ1) is 7.15. The Bertz CT molecular complexity index is 327. The van der Waals surface area contributed by atoms with Gasteiger partial charge >= 0.3 is 5.97 Å². The van der Waals surface area contributed by atoms with E-state index in [4.69, 9.17) is 4.84 Å². The fourth-order valence-electron chi connectivity index (χ4n) is 1.34. The maximum absolute atomic E-state index is 11.2. The van der Waals surface area contributed by atoms with Gasteiger partial charge in [0.1, 0.15) is 0 Å². The minimum absolute atomic E-state index is 0.222. The van der Waals surface area contributed by atoms with E-state index in [1.165, 1.54) is 0 Å². The molecule has 0 saturated carbocycles. The molecule has 1 aromatic rings. The second-order valence-corrected chi connectivity index (χ2v) is 3.59. The summed E-state index contributed by atoms with van der Waals surface area (Å²) in [5.74, 6) is -0.222. The molecule has 0 heterocycles. The van der Waals surface area contributed by atoms with Crippen molar-refractivity contribution in [3.8, 4) is 0 Å². The van der Waals surface area contributed by atoms with E-state index in [0.29, 0.717) is 6.42 Å². The number of hydrogen-bond donors (Lipinski definition) is 1. The van der Waals surface area contributed by atoms with Crippen LogP contribution >= 0.6 is 0 Å². The lowest BCUT2D eigenvalue weighted by Gasteiger charge is -2.11. The van der Waals surface area contributed by atoms with Crippen molar-refractivity contribution in [3.63, 3.8) is 0 Å². The van der Waals surface area contributed by atoms with Gasteiger partial charge in [0, 0.05) is 6.42 Å². The van der Waals surface area contributed by atoms with E-state index in [0.717, 1.165) is 23.2 Å². The highest BCUT2D eigenvalue weighted by atomic mass is 16.7. The highest BCUT2D eigenvalue weighted by Gasteiger charge is 2.05. The van der Waals surface area contributed by atoms with Crippen molar-refractivity contribution in [2.45, 2.75) is 33.6 Å². The molecular weight excluding hydrogens is 190 g/mol. The summed E-state index contributed by atoms with van der Waals surface area (Å²) >= 11 is 0. The van der Waals surface area contributed by atoms with Gasteiger partial charge in [-0.25, -0.2) is 10.3 Å². The average Bonchev–Trinajstić information content (AvgIpc) is 2.17. The normalized spacial score (nSPS) is 9.80. The Hall–Kier alpha value is -1.51. The summed E-state index contributed by atoms with van der Waals surface area (Å²) in [4.78, 5) is 16.1. The lowest BCUT2D eigenvalue weighted by Crippen LogP contribution is -2.11. The van der Waals surface area contributed by atoms with Crippen molar-refractivity contribution in [1.29, 1.82) is 0 Å². The Morgan fingerprint density at radius 1 is 1.33 bits per heavy atom. The van der Waals surface area contributed by atoms with E-state index in [2.05, 4.69) is 5.48 Å². The summed E-state index contributed by atoms with van der Waals surface area (Å²) in [6.07, 6.45) is 1.24. The molecule has 15 heavy (non-hydrogen) atoms. The zero-order valence-corrected chi connectivity index (χ0v) is 9.46. The first kappa shape index (κ1) is 11.6. The maximum atomic E-state index is 11.2. The first-order valence-corrected chi connectivity index (χ1v) is 5.17. The van der Waals surface area contributed by atoms with E-state index in [9.17, 15) is 4.79 Å². The number of rotatable bonds is 4. The highest BCUT2D eigenvalue weighted by molar-refractivity contribution is 5.71. The molecule has 0 aliphatic carbocycles. The van der Waals surface area contributed by atoms with Crippen molar-refractivity contribution in [3.05, 3.63) is 29.3 Å². The number of anilines is 1. The molecule has 3 nitrogen and oxygen atoms in total. The van der Waals surface area contributed by atoms with Crippen LogP contribution in [-0.4, -0.2) is 5.97 Å². The Morgan fingerprint density at radius 3 is 2.47 bits per heavy atom. The van der Waals surface area contributed by atoms with E-state index in [1.54, 1.807) is 0 Å². The second-order valence-electron chi connectivity index (χ2n) is 3.59. The monoisotopic (exact) mass is 207 g/mol. The maximum Gasteiger partial charge on any atom is 0.332 e. The summed E-state index contributed by atoms with van der Waals surface area (Å²) in [6, 6.07) is 5.93. The Morgan fingerprint density at radius 2 is 1.93 bits per heavy atom. The van der Waals surface area contributed by atoms with Crippen LogP contribution in [0.3, 0.4) is 0 Å². The molecule has 3 heteroatoms. The number of aryl methyl sites for hydroxylation is 2. The highest BCUT2D eigenvalue weighted by Crippen LogP contribution is 2.19. The van der Waals surface area contributed by atoms with Gasteiger partial charge in [0.2, 0.25) is 0 Å². The van der Waals surface area contributed by atoms with Crippen molar-refractivity contribution >= 4 is 11.7 Å². The molecule has 0 aliphatic heterocycles. The van der Waals surface area contributed by atoms with Crippen LogP contribution in [0.2, 0.25) is 0 Å². The third kappa shape index (κ3) is 3.27. The van der Waals surface area contributed by atoms with E-state index >= 15 is 0 Å². The second kappa shape index (κ2) is 5.39. The van der Waals surface area contributed by atoms with Gasteiger partial charge < -0.3 is 4.84 Å². The van der Waals surface area contributed by atoms with Crippen molar-refractivity contribution < 1.29 is 9.63 Å². The van der Waals surface area contributed by atoms with Gasteiger partial charge in [0.15, 0.2) is 0 Å². The molecule has 0 aliphatic rings. The van der Waals surface area contributed by atoms with Gasteiger partial charge in [-0.15, -0.1) is 0 Å². The molecule has 0 fully saturated rings. The number of carbonyl (C=O) groups is 1. The zero-order chi connectivity index (χ0) is 11.3. The molecule has 0 amide bonds. The SMILES string of the molecule is CCCC(=O)ONc1c(C)cccc1C. The molecule has 0 saturated heterocycles. The molecule has 0 unspecified atom stereocenters. The molecular formula is C12H17NO2. The lowest BCUT2D eigenvalue weighted by molar-refractivity contribution is -0.140. The van der Waals surface area contributed by atoms with Crippen LogP contribution in [0.5, 0.6) is 0 Å². The van der Waals surface area contributed by atoms with Crippen LogP contribution in [0.15, 0.2) is 18.2 Å². The quantitative estimate of drug-likeness (QED) is 0.771. The summed E-state index contributed by atoms with van der Waals surface area (Å²) in [7, 11) is 0. The topological polar surface area (TPSA) is 38.3 Å². The first-order valence-electron chi connectivity index (χ1n) is 5.17. The Kier molecular flexibility index (Phi) is 4.16. The number of para-hydroxylation sites is 1. The minimum Gasteiger partial charge on any atom is -0.343 e. The van der Waals surface area contributed by atoms with E-state index in [-0.39, 0.29) is 5.97 Å². The molecule has 1 rings (SSSR count). The number of hydrogen-bond acceptors (Lipinski definition) is 3. The molecule has 0 radical (unpaired) electrons. The summed E-state index contributed by atoms with van der Waals surface area (Å²) < 4.78 is 0. The minimum atomic E-state index is -0.222. The fourth-order valence-corrected chi connectivity index (χ4v) is 1.34. The predicted octanol–water partition coefficient (Wildman–Crippen LogP) is 2.97. The number of nitrogens with one attached hydrogen (secondary N) is 1. The van der Waals surface area contributed by atoms with E-state index in [1.807, 2.05) is 39.0 Å². The number of carbonyl (C=O) groups excluding carboxylic acids is 1. The summed E-state index contributed by atoms with van der Waals surface area (Å²) in [6.45, 7) is 5.90. The molecule has 82 valence electrons. The van der Waals surface area contributed by atoms with Crippen LogP contribution < -0.4 is 5.48 Å². The van der Waals surface area contributed by atoms with Crippen molar-refractivity contribution in [2.24, 2.45) is 0 Å². The molecule has 0 bridgehead atoms. The van der Waals surface area contributed by atoms with E-state index < -0.39 is 0 Å². The number of benzene rings is 1. The third-order valence-corrected chi connectivity index (χ3v) is 2.20. The van der Waals surface area contributed by atoms with Gasteiger partial charge in [-0.1, -0.05) is 25.1 Å². The van der Waals surface area contributed by atoms with Crippen LogP contribution in [0.1, 0.15) is 30.9 Å². The van der Waals surface area contributed by atoms with Gasteiger partial charge in [-0.2, -0.15) is 0 Å². The van der Waals surface area contributed by atoms with Crippen LogP contribution in [-0.2, 0) is 9.63 Å². The summed E-state index contributed by atoms with van der Waals surface area (Å²) in [5.41, 5.74) is 5.73. The van der Waals surface area contributed by atoms with Crippen molar-refractivity contribution in [2.75, 3.05) is 5.48 Å². The lowest BCUT2D eigenvalue weighted by atomic mass is 10.1. The van der Waals surface area contributed by atoms with Gasteiger partial charge in [-0.3, -0.25) is 0 Å². The largest absolute Gasteiger partial charge is 0.343 e. The Labute approximate surface area is 90.4 Å². The molecule has 0 atom stereocenters. The van der Waals surface area contributed by atoms with Gasteiger partial charge in [-0.05, 0) is 31.4 Å². The standard InChI is InChI=1S/C12H17NO2/c1-4-6-11(14)15-13-12-9(2)7-5-8-10(12)3/h5,7-8,13H,4,6H2,1-3H3. The van der Waals surface area contributed by atoms with Gasteiger partial charge in [0.05, 0.1) is 5.69 Å². The van der Waals surface area contributed by atoms with Crippen LogP contribution in [0.4, 0.5) is 5.69 Å². The molecule has 0 spiro atoms. The average molecular weight is 207 g/mol. The predicted molar refractivity (Wildman–Crippen MR) is 60.5 cm³/mol. The van der Waals surface area contributed by atoms with Crippen LogP contribution in [0.25, 0.3) is 0 Å². The third-order valence-electron chi connectivity index (χ3n) is 2.20.